The Morgan fingerprint density at radius 1 is 0.821 bits per heavy atom. The molecule has 28 heavy (non-hydrogen) atoms. The molecule has 0 bridgehead atoms. The topological polar surface area (TPSA) is 21.3 Å². The third kappa shape index (κ3) is 5.07. The monoisotopic (exact) mass is 373 g/mol. The highest BCUT2D eigenvalue weighted by atomic mass is 16.5. The largest absolute Gasteiger partial charge is 0.494 e. The van der Waals surface area contributed by atoms with Crippen LogP contribution in [0.3, 0.4) is 0 Å². The molecular weight excluding hydrogens is 342 g/mol. The Bertz CT molecular complexity index is 860. The standard InChI is InChI=1S/C26H31NO/c1-2-7-21(8-3-1)18-20-28-25-15-13-24(14-16-25)27-19-17-23-11-6-10-22-9-4-5-12-26(22)23/h4-6,9-16,21,27H,1-3,7-8,17-20H2. The molecule has 4 rings (SSSR count). The van der Waals surface area contributed by atoms with Crippen molar-refractivity contribution in [3.05, 3.63) is 72.3 Å². The van der Waals surface area contributed by atoms with Crippen LogP contribution in [0.4, 0.5) is 5.69 Å². The third-order valence-corrected chi connectivity index (χ3v) is 5.98. The zero-order chi connectivity index (χ0) is 19.0. The summed E-state index contributed by atoms with van der Waals surface area (Å²) in [7, 11) is 0. The van der Waals surface area contributed by atoms with Crippen LogP contribution >= 0.6 is 0 Å². The average Bonchev–Trinajstić information content (AvgIpc) is 2.76. The maximum Gasteiger partial charge on any atom is 0.119 e. The van der Waals surface area contributed by atoms with Crippen LogP contribution < -0.4 is 10.1 Å². The van der Waals surface area contributed by atoms with Crippen LogP contribution in [0.15, 0.2) is 66.7 Å². The molecule has 2 nitrogen and oxygen atoms in total. The van der Waals surface area contributed by atoms with E-state index in [1.54, 1.807) is 0 Å². The van der Waals surface area contributed by atoms with Gasteiger partial charge in [-0.15, -0.1) is 0 Å². The normalized spacial score (nSPS) is 14.9. The maximum absolute atomic E-state index is 5.96. The lowest BCUT2D eigenvalue weighted by Gasteiger charge is -2.21. The number of rotatable bonds is 8. The molecule has 0 atom stereocenters. The summed E-state index contributed by atoms with van der Waals surface area (Å²) in [6, 6.07) is 23.6. The molecule has 0 radical (unpaired) electrons. The number of benzene rings is 3. The number of fused-ring (bicyclic) bond motifs is 1. The predicted octanol–water partition coefficient (Wildman–Crippen LogP) is 6.84. The maximum atomic E-state index is 5.96. The minimum atomic E-state index is 0.846. The molecule has 1 N–H and O–H groups in total. The minimum Gasteiger partial charge on any atom is -0.494 e. The van der Waals surface area contributed by atoms with E-state index in [-0.39, 0.29) is 0 Å². The molecule has 1 fully saturated rings. The zero-order valence-electron chi connectivity index (χ0n) is 16.7. The Hall–Kier alpha value is -2.48. The molecule has 0 saturated heterocycles. The molecule has 0 spiro atoms. The van der Waals surface area contributed by atoms with Crippen molar-refractivity contribution in [3.63, 3.8) is 0 Å². The lowest BCUT2D eigenvalue weighted by molar-refractivity contribution is 0.246. The van der Waals surface area contributed by atoms with Crippen LogP contribution in [0.2, 0.25) is 0 Å². The van der Waals surface area contributed by atoms with Gasteiger partial charge >= 0.3 is 0 Å². The summed E-state index contributed by atoms with van der Waals surface area (Å²) in [5, 5.41) is 6.21. The fraction of sp³-hybridized carbons (Fsp3) is 0.385. The summed E-state index contributed by atoms with van der Waals surface area (Å²) >= 11 is 0. The second kappa shape index (κ2) is 9.64. The quantitative estimate of drug-likeness (QED) is 0.466. The Labute approximate surface area is 168 Å². The van der Waals surface area contributed by atoms with Gasteiger partial charge in [0, 0.05) is 12.2 Å². The van der Waals surface area contributed by atoms with Gasteiger partial charge in [0.25, 0.3) is 0 Å². The minimum absolute atomic E-state index is 0.846. The second-order valence-corrected chi connectivity index (χ2v) is 7.98. The van der Waals surface area contributed by atoms with Gasteiger partial charge in [-0.1, -0.05) is 74.6 Å². The number of nitrogens with one attached hydrogen (secondary N) is 1. The van der Waals surface area contributed by atoms with Gasteiger partial charge < -0.3 is 10.1 Å². The predicted molar refractivity (Wildman–Crippen MR) is 119 cm³/mol. The fourth-order valence-electron chi connectivity index (χ4n) is 4.34. The van der Waals surface area contributed by atoms with E-state index in [1.807, 2.05) is 0 Å². The van der Waals surface area contributed by atoms with Crippen molar-refractivity contribution in [2.45, 2.75) is 44.9 Å². The van der Waals surface area contributed by atoms with Crippen molar-refractivity contribution >= 4 is 16.5 Å². The SMILES string of the molecule is c1ccc2c(CCNc3ccc(OCCC4CCCCC4)cc3)cccc2c1. The van der Waals surface area contributed by atoms with Crippen molar-refractivity contribution in [1.29, 1.82) is 0 Å². The van der Waals surface area contributed by atoms with Crippen molar-refractivity contribution < 1.29 is 4.74 Å². The molecule has 3 aromatic rings. The Balaban J connectivity index is 1.23. The number of ether oxygens (including phenoxy) is 1. The van der Waals surface area contributed by atoms with E-state index >= 15 is 0 Å². The highest BCUT2D eigenvalue weighted by molar-refractivity contribution is 5.85. The van der Waals surface area contributed by atoms with Gasteiger partial charge in [0.15, 0.2) is 0 Å². The van der Waals surface area contributed by atoms with Crippen LogP contribution in [0.5, 0.6) is 5.75 Å². The van der Waals surface area contributed by atoms with Crippen LogP contribution in [-0.4, -0.2) is 13.2 Å². The van der Waals surface area contributed by atoms with E-state index < -0.39 is 0 Å². The van der Waals surface area contributed by atoms with Gasteiger partial charge in [0.05, 0.1) is 6.61 Å². The third-order valence-electron chi connectivity index (χ3n) is 5.98. The van der Waals surface area contributed by atoms with Crippen LogP contribution in [0.1, 0.15) is 44.1 Å². The average molecular weight is 374 g/mol. The van der Waals surface area contributed by atoms with Gasteiger partial charge in [0.1, 0.15) is 5.75 Å². The van der Waals surface area contributed by atoms with E-state index in [2.05, 4.69) is 72.0 Å². The van der Waals surface area contributed by atoms with Crippen molar-refractivity contribution in [3.8, 4) is 5.75 Å². The summed E-state index contributed by atoms with van der Waals surface area (Å²) < 4.78 is 5.96. The first-order chi connectivity index (χ1) is 13.9. The molecule has 0 unspecified atom stereocenters. The summed E-state index contributed by atoms with van der Waals surface area (Å²) in [6.07, 6.45) is 9.23. The van der Waals surface area contributed by atoms with Crippen molar-refractivity contribution in [2.24, 2.45) is 5.92 Å². The Morgan fingerprint density at radius 3 is 2.46 bits per heavy atom. The first-order valence-corrected chi connectivity index (χ1v) is 10.8. The molecule has 0 heterocycles. The highest BCUT2D eigenvalue weighted by Crippen LogP contribution is 2.26. The molecule has 146 valence electrons. The lowest BCUT2D eigenvalue weighted by Crippen LogP contribution is -2.10. The van der Waals surface area contributed by atoms with Crippen molar-refractivity contribution in [2.75, 3.05) is 18.5 Å². The van der Waals surface area contributed by atoms with E-state index in [0.717, 1.165) is 36.9 Å². The highest BCUT2D eigenvalue weighted by Gasteiger charge is 2.13. The summed E-state index contributed by atoms with van der Waals surface area (Å²) in [6.45, 7) is 1.77. The summed E-state index contributed by atoms with van der Waals surface area (Å²) in [5.74, 6) is 1.86. The molecule has 1 aliphatic carbocycles. The number of hydrogen-bond acceptors (Lipinski definition) is 2. The summed E-state index contributed by atoms with van der Waals surface area (Å²) in [4.78, 5) is 0. The van der Waals surface area contributed by atoms with Crippen molar-refractivity contribution in [1.82, 2.24) is 0 Å². The van der Waals surface area contributed by atoms with E-state index in [0.29, 0.717) is 0 Å². The van der Waals surface area contributed by atoms with E-state index in [4.69, 9.17) is 4.74 Å². The molecule has 3 aromatic carbocycles. The lowest BCUT2D eigenvalue weighted by atomic mass is 9.87. The Kier molecular flexibility index (Phi) is 6.49. The van der Waals surface area contributed by atoms with Gasteiger partial charge in [-0.3, -0.25) is 0 Å². The number of anilines is 1. The zero-order valence-corrected chi connectivity index (χ0v) is 16.7. The molecule has 0 aromatic heterocycles. The molecule has 0 amide bonds. The van der Waals surface area contributed by atoms with Gasteiger partial charge in [0.2, 0.25) is 0 Å². The summed E-state index contributed by atoms with van der Waals surface area (Å²) in [5.41, 5.74) is 2.55. The van der Waals surface area contributed by atoms with Gasteiger partial charge in [-0.2, -0.15) is 0 Å². The smallest absolute Gasteiger partial charge is 0.119 e. The van der Waals surface area contributed by atoms with Crippen LogP contribution in [-0.2, 0) is 6.42 Å². The first-order valence-electron chi connectivity index (χ1n) is 10.8. The van der Waals surface area contributed by atoms with Gasteiger partial charge in [-0.25, -0.2) is 0 Å². The molecule has 1 saturated carbocycles. The molecular formula is C26H31NO. The van der Waals surface area contributed by atoms with Gasteiger partial charge in [-0.05, 0) is 59.4 Å². The second-order valence-electron chi connectivity index (χ2n) is 7.98. The molecule has 0 aliphatic heterocycles. The van der Waals surface area contributed by atoms with E-state index in [9.17, 15) is 0 Å². The fourth-order valence-corrected chi connectivity index (χ4v) is 4.34. The Morgan fingerprint density at radius 2 is 1.61 bits per heavy atom. The first kappa shape index (κ1) is 18.9. The van der Waals surface area contributed by atoms with E-state index in [1.165, 1.54) is 54.9 Å². The van der Waals surface area contributed by atoms with Crippen LogP contribution in [0, 0.1) is 5.92 Å². The molecule has 2 heteroatoms. The number of hydrogen-bond donors (Lipinski definition) is 1. The molecule has 1 aliphatic rings. The van der Waals surface area contributed by atoms with Crippen LogP contribution in [0.25, 0.3) is 10.8 Å².